The number of hydrogen-bond donors (Lipinski definition) is 2. The molecule has 0 fully saturated rings. The van der Waals surface area contributed by atoms with E-state index in [1.165, 1.54) is 51.4 Å². The van der Waals surface area contributed by atoms with Gasteiger partial charge in [0.2, 0.25) is 5.12 Å². The molecule has 6 heteroatoms. The summed E-state index contributed by atoms with van der Waals surface area (Å²) in [4.78, 5) is 23.0. The number of hydrogen-bond acceptors (Lipinski definition) is 5. The highest BCUT2D eigenvalue weighted by molar-refractivity contribution is 8.13. The molecule has 1 N–H and O–H groups in total. The van der Waals surface area contributed by atoms with Crippen LogP contribution in [0, 0.1) is 16.7 Å². The quantitative estimate of drug-likeness (QED) is 0.271. The van der Waals surface area contributed by atoms with Gasteiger partial charge < -0.3 is 5.11 Å². The van der Waals surface area contributed by atoms with Crippen LogP contribution in [0.2, 0.25) is 0 Å². The van der Waals surface area contributed by atoms with Crippen molar-refractivity contribution in [2.75, 3.05) is 11.5 Å². The van der Waals surface area contributed by atoms with Crippen molar-refractivity contribution in [3.05, 3.63) is 0 Å². The lowest BCUT2D eigenvalue weighted by atomic mass is 9.88. The third-order valence-electron chi connectivity index (χ3n) is 4.37. The van der Waals surface area contributed by atoms with Crippen LogP contribution in [-0.4, -0.2) is 27.7 Å². The molecule has 0 rings (SSSR count). The summed E-state index contributed by atoms with van der Waals surface area (Å²) in [7, 11) is 0. The van der Waals surface area contributed by atoms with Gasteiger partial charge in [-0.1, -0.05) is 76.5 Å². The average molecular weight is 388 g/mol. The van der Waals surface area contributed by atoms with Crippen molar-refractivity contribution in [2.45, 2.75) is 84.0 Å². The van der Waals surface area contributed by atoms with Crippen LogP contribution in [0.3, 0.4) is 0 Å². The summed E-state index contributed by atoms with van der Waals surface area (Å²) in [6, 6.07) is 2.00. The van der Waals surface area contributed by atoms with Crippen LogP contribution in [-0.2, 0) is 9.59 Å². The number of nitrogens with zero attached hydrogens (tertiary/aromatic N) is 1. The van der Waals surface area contributed by atoms with Gasteiger partial charge in [0.15, 0.2) is 0 Å². The molecule has 0 amide bonds. The molecule has 0 aliphatic heterocycles. The summed E-state index contributed by atoms with van der Waals surface area (Å²) < 4.78 is 0. The van der Waals surface area contributed by atoms with E-state index in [1.54, 1.807) is 0 Å². The molecule has 0 saturated carbocycles. The molecule has 0 bridgehead atoms. The number of thiol groups is 1. The first kappa shape index (κ1) is 24.3. The number of carbonyl (C=O) groups excluding carboxylic acids is 1. The molecule has 0 aromatic rings. The first-order valence-electron chi connectivity index (χ1n) is 9.43. The fraction of sp³-hybridized carbons (Fsp3) is 0.842. The molecule has 1 unspecified atom stereocenters. The molecule has 1 atom stereocenters. The summed E-state index contributed by atoms with van der Waals surface area (Å²) in [6.45, 7) is 2.23. The Hall–Kier alpha value is -0.670. The van der Waals surface area contributed by atoms with Crippen molar-refractivity contribution in [1.29, 1.82) is 5.26 Å². The summed E-state index contributed by atoms with van der Waals surface area (Å²) in [5.74, 6) is -0.228. The Morgan fingerprint density at radius 2 is 1.56 bits per heavy atom. The Bertz CT molecular complexity index is 423. The van der Waals surface area contributed by atoms with Gasteiger partial charge in [-0.25, -0.2) is 0 Å². The molecule has 0 saturated heterocycles. The number of thioether (sulfide) groups is 1. The van der Waals surface area contributed by atoms with E-state index in [-0.39, 0.29) is 23.7 Å². The van der Waals surface area contributed by atoms with E-state index in [1.807, 2.05) is 6.07 Å². The largest absolute Gasteiger partial charge is 0.481 e. The maximum atomic E-state index is 12.3. The number of carboxylic acid groups (broad SMARTS) is 1. The summed E-state index contributed by atoms with van der Waals surface area (Å²) in [6.07, 6.45) is 12.3. The SMILES string of the molecule is CCCCCCCCCCCCSC(=O)C(C#N)(CS)CCC(=O)O. The molecule has 0 heterocycles. The minimum atomic E-state index is -1.27. The first-order valence-corrected chi connectivity index (χ1v) is 11.1. The van der Waals surface area contributed by atoms with Crippen molar-refractivity contribution in [3.8, 4) is 6.07 Å². The van der Waals surface area contributed by atoms with Crippen molar-refractivity contribution >= 4 is 35.5 Å². The third-order valence-corrected chi connectivity index (χ3v) is 6.06. The fourth-order valence-corrected chi connectivity index (χ4v) is 4.10. The van der Waals surface area contributed by atoms with Gasteiger partial charge in [-0.2, -0.15) is 17.9 Å². The summed E-state index contributed by atoms with van der Waals surface area (Å²) in [5, 5.41) is 17.9. The minimum Gasteiger partial charge on any atom is -0.481 e. The van der Waals surface area contributed by atoms with Crippen LogP contribution >= 0.6 is 24.4 Å². The molecule has 0 spiro atoms. The predicted octanol–water partition coefficient (Wildman–Crippen LogP) is 5.47. The first-order chi connectivity index (χ1) is 12.0. The zero-order valence-corrected chi connectivity index (χ0v) is 17.2. The summed E-state index contributed by atoms with van der Waals surface area (Å²) >= 11 is 5.26. The van der Waals surface area contributed by atoms with Gasteiger partial charge in [0.25, 0.3) is 0 Å². The van der Waals surface area contributed by atoms with E-state index in [9.17, 15) is 14.9 Å². The molecule has 25 heavy (non-hydrogen) atoms. The van der Waals surface area contributed by atoms with Crippen molar-refractivity contribution in [3.63, 3.8) is 0 Å². The molecule has 0 aliphatic carbocycles. The Kier molecular flexibility index (Phi) is 15.2. The fourth-order valence-electron chi connectivity index (χ4n) is 2.60. The maximum absolute atomic E-state index is 12.3. The monoisotopic (exact) mass is 387 g/mol. The Labute approximate surface area is 162 Å². The lowest BCUT2D eigenvalue weighted by Crippen LogP contribution is -2.30. The highest BCUT2D eigenvalue weighted by Crippen LogP contribution is 2.31. The Balaban J connectivity index is 3.83. The maximum Gasteiger partial charge on any atom is 0.303 e. The van der Waals surface area contributed by atoms with Gasteiger partial charge in [0.05, 0.1) is 6.07 Å². The molecule has 0 aliphatic rings. The molecule has 0 radical (unpaired) electrons. The van der Waals surface area contributed by atoms with Crippen LogP contribution in [0.25, 0.3) is 0 Å². The number of rotatable bonds is 16. The Morgan fingerprint density at radius 3 is 2.00 bits per heavy atom. The van der Waals surface area contributed by atoms with Crippen molar-refractivity contribution < 1.29 is 14.7 Å². The zero-order chi connectivity index (χ0) is 19.0. The predicted molar refractivity (Wildman–Crippen MR) is 108 cm³/mol. The van der Waals surface area contributed by atoms with E-state index in [2.05, 4.69) is 19.6 Å². The highest BCUT2D eigenvalue weighted by Gasteiger charge is 2.37. The van der Waals surface area contributed by atoms with Crippen LogP contribution in [0.5, 0.6) is 0 Å². The van der Waals surface area contributed by atoms with Gasteiger partial charge in [-0.3, -0.25) is 9.59 Å². The van der Waals surface area contributed by atoms with E-state index in [4.69, 9.17) is 5.11 Å². The molecule has 144 valence electrons. The minimum absolute atomic E-state index is 0.0339. The van der Waals surface area contributed by atoms with E-state index < -0.39 is 11.4 Å². The van der Waals surface area contributed by atoms with Gasteiger partial charge in [-0.15, -0.1) is 0 Å². The second-order valence-electron chi connectivity index (χ2n) is 6.56. The number of carbonyl (C=O) groups is 2. The normalized spacial score (nSPS) is 13.2. The van der Waals surface area contributed by atoms with Gasteiger partial charge in [0.1, 0.15) is 5.41 Å². The standard InChI is InChI=1S/C19H33NO3S2/c1-2-3-4-5-6-7-8-9-10-11-14-25-18(23)19(15-20,16-24)13-12-17(21)22/h24H,2-14,16H2,1H3,(H,21,22). The topological polar surface area (TPSA) is 78.2 Å². The van der Waals surface area contributed by atoms with Crippen LogP contribution in [0.4, 0.5) is 0 Å². The van der Waals surface area contributed by atoms with E-state index in [0.29, 0.717) is 5.75 Å². The molecular weight excluding hydrogens is 354 g/mol. The smallest absolute Gasteiger partial charge is 0.303 e. The molecule has 0 aromatic heterocycles. The van der Waals surface area contributed by atoms with E-state index >= 15 is 0 Å². The van der Waals surface area contributed by atoms with Gasteiger partial charge in [-0.05, 0) is 12.8 Å². The lowest BCUT2D eigenvalue weighted by molar-refractivity contribution is -0.137. The second-order valence-corrected chi connectivity index (χ2v) is 7.95. The highest BCUT2D eigenvalue weighted by atomic mass is 32.2. The van der Waals surface area contributed by atoms with Gasteiger partial charge in [0, 0.05) is 17.9 Å². The number of aliphatic carboxylic acids is 1. The van der Waals surface area contributed by atoms with E-state index in [0.717, 1.165) is 24.6 Å². The van der Waals surface area contributed by atoms with Crippen molar-refractivity contribution in [2.24, 2.45) is 5.41 Å². The molecular formula is C19H33NO3S2. The molecule has 4 nitrogen and oxygen atoms in total. The second kappa shape index (κ2) is 15.6. The summed E-state index contributed by atoms with van der Waals surface area (Å²) in [5.41, 5.74) is -1.27. The third kappa shape index (κ3) is 11.5. The zero-order valence-electron chi connectivity index (χ0n) is 15.5. The molecule has 0 aromatic carbocycles. The number of nitriles is 1. The number of carboxylic acids is 1. The lowest BCUT2D eigenvalue weighted by Gasteiger charge is -2.21. The van der Waals surface area contributed by atoms with Crippen LogP contribution in [0.15, 0.2) is 0 Å². The average Bonchev–Trinajstić information content (AvgIpc) is 2.60. The number of unbranched alkanes of at least 4 members (excludes halogenated alkanes) is 9. The van der Waals surface area contributed by atoms with Crippen molar-refractivity contribution in [1.82, 2.24) is 0 Å². The van der Waals surface area contributed by atoms with Crippen LogP contribution in [0.1, 0.15) is 84.0 Å². The van der Waals surface area contributed by atoms with Crippen LogP contribution < -0.4 is 0 Å². The Morgan fingerprint density at radius 1 is 1.04 bits per heavy atom. The van der Waals surface area contributed by atoms with Gasteiger partial charge >= 0.3 is 5.97 Å².